The fourth-order valence-corrected chi connectivity index (χ4v) is 5.48. The summed E-state index contributed by atoms with van der Waals surface area (Å²) in [5.74, 6) is 4.20. The SMILES string of the molecule is C/C=C/CCC1CCC(CCCCC2CCC(CC/C=C/C)CC2)CC1. The highest BCUT2D eigenvalue weighted by Gasteiger charge is 2.22. The van der Waals surface area contributed by atoms with Crippen molar-refractivity contribution in [2.24, 2.45) is 23.7 Å². The highest BCUT2D eigenvalue weighted by molar-refractivity contribution is 4.81. The summed E-state index contributed by atoms with van der Waals surface area (Å²) in [5.41, 5.74) is 0. The van der Waals surface area contributed by atoms with Gasteiger partial charge in [0.25, 0.3) is 0 Å². The maximum atomic E-state index is 2.35. The van der Waals surface area contributed by atoms with Crippen LogP contribution in [0.15, 0.2) is 24.3 Å². The van der Waals surface area contributed by atoms with Crippen LogP contribution in [0.25, 0.3) is 0 Å². The predicted octanol–water partition coefficient (Wildman–Crippen LogP) is 8.87. The van der Waals surface area contributed by atoms with Gasteiger partial charge < -0.3 is 0 Å². The van der Waals surface area contributed by atoms with E-state index < -0.39 is 0 Å². The minimum atomic E-state index is 1.03. The molecule has 2 saturated carbocycles. The summed E-state index contributed by atoms with van der Waals surface area (Å²) in [4.78, 5) is 0. The van der Waals surface area contributed by atoms with Crippen LogP contribution < -0.4 is 0 Å². The molecule has 0 aliphatic heterocycles. The summed E-state index contributed by atoms with van der Waals surface area (Å²) < 4.78 is 0. The average Bonchev–Trinajstić information content (AvgIpc) is 2.68. The Labute approximate surface area is 164 Å². The van der Waals surface area contributed by atoms with Gasteiger partial charge in [0.2, 0.25) is 0 Å². The van der Waals surface area contributed by atoms with Gasteiger partial charge in [-0.05, 0) is 63.2 Å². The summed E-state index contributed by atoms with van der Waals surface area (Å²) in [6, 6.07) is 0. The average molecular weight is 359 g/mol. The molecule has 0 aromatic carbocycles. The summed E-state index contributed by atoms with van der Waals surface area (Å²) in [7, 11) is 0. The molecule has 0 atom stereocenters. The number of rotatable bonds is 11. The Morgan fingerprint density at radius 2 is 0.808 bits per heavy atom. The lowest BCUT2D eigenvalue weighted by Crippen LogP contribution is -2.15. The molecule has 2 aliphatic rings. The van der Waals surface area contributed by atoms with Crippen molar-refractivity contribution in [3.8, 4) is 0 Å². The lowest BCUT2D eigenvalue weighted by molar-refractivity contribution is 0.234. The molecular formula is C26H46. The van der Waals surface area contributed by atoms with Crippen LogP contribution in [-0.2, 0) is 0 Å². The molecule has 0 heterocycles. The zero-order valence-electron chi connectivity index (χ0n) is 17.9. The molecule has 0 saturated heterocycles. The van der Waals surface area contributed by atoms with Crippen molar-refractivity contribution in [1.29, 1.82) is 0 Å². The molecule has 0 aromatic rings. The summed E-state index contributed by atoms with van der Waals surface area (Å²) >= 11 is 0. The van der Waals surface area contributed by atoms with Crippen molar-refractivity contribution in [3.05, 3.63) is 24.3 Å². The molecule has 26 heavy (non-hydrogen) atoms. The smallest absolute Gasteiger partial charge is 0.0348 e. The van der Waals surface area contributed by atoms with Crippen LogP contribution in [-0.4, -0.2) is 0 Å². The molecule has 0 aromatic heterocycles. The molecule has 0 amide bonds. The highest BCUT2D eigenvalue weighted by Crippen LogP contribution is 2.36. The predicted molar refractivity (Wildman–Crippen MR) is 117 cm³/mol. The van der Waals surface area contributed by atoms with E-state index in [1.807, 2.05) is 0 Å². The van der Waals surface area contributed by atoms with Crippen molar-refractivity contribution < 1.29 is 0 Å². The zero-order chi connectivity index (χ0) is 18.5. The molecule has 0 unspecified atom stereocenters. The molecule has 0 radical (unpaired) electrons. The van der Waals surface area contributed by atoms with E-state index in [1.165, 1.54) is 103 Å². The minimum Gasteiger partial charge on any atom is -0.0917 e. The second-order valence-corrected chi connectivity index (χ2v) is 9.35. The number of unbranched alkanes of at least 4 members (excludes halogenated alkanes) is 1. The van der Waals surface area contributed by atoms with Crippen molar-refractivity contribution >= 4 is 0 Å². The van der Waals surface area contributed by atoms with E-state index in [-0.39, 0.29) is 0 Å². The van der Waals surface area contributed by atoms with E-state index >= 15 is 0 Å². The van der Waals surface area contributed by atoms with Crippen LogP contribution in [0.3, 0.4) is 0 Å². The standard InChI is InChI=1S/C26H46/c1-3-5-7-11-23-15-19-25(20-16-23)13-9-10-14-26-21-17-24(18-22-26)12-8-6-4-2/h3-6,23-26H,7-22H2,1-2H3/b5-3+,6-4+. The van der Waals surface area contributed by atoms with Gasteiger partial charge in [-0.2, -0.15) is 0 Å². The first-order valence-corrected chi connectivity index (χ1v) is 12.0. The van der Waals surface area contributed by atoms with E-state index in [2.05, 4.69) is 38.2 Å². The third-order valence-electron chi connectivity index (χ3n) is 7.36. The summed E-state index contributed by atoms with van der Waals surface area (Å²) in [5, 5.41) is 0. The Morgan fingerprint density at radius 3 is 1.12 bits per heavy atom. The molecule has 2 fully saturated rings. The first kappa shape index (κ1) is 21.8. The van der Waals surface area contributed by atoms with E-state index in [9.17, 15) is 0 Å². The Morgan fingerprint density at radius 1 is 0.500 bits per heavy atom. The van der Waals surface area contributed by atoms with Crippen molar-refractivity contribution in [3.63, 3.8) is 0 Å². The Balaban J connectivity index is 1.45. The van der Waals surface area contributed by atoms with Gasteiger partial charge in [0.05, 0.1) is 0 Å². The molecular weight excluding hydrogens is 312 g/mol. The largest absolute Gasteiger partial charge is 0.0917 e. The molecule has 0 bridgehead atoms. The van der Waals surface area contributed by atoms with Gasteiger partial charge in [-0.25, -0.2) is 0 Å². The van der Waals surface area contributed by atoms with Gasteiger partial charge in [-0.1, -0.05) is 101 Å². The molecule has 0 N–H and O–H groups in total. The summed E-state index contributed by atoms with van der Waals surface area (Å²) in [6.07, 6.45) is 32.8. The lowest BCUT2D eigenvalue weighted by atomic mass is 9.76. The van der Waals surface area contributed by atoms with Gasteiger partial charge in [0.1, 0.15) is 0 Å². The zero-order valence-corrected chi connectivity index (χ0v) is 17.9. The van der Waals surface area contributed by atoms with E-state index in [0.29, 0.717) is 0 Å². The van der Waals surface area contributed by atoms with Crippen LogP contribution in [0.2, 0.25) is 0 Å². The lowest BCUT2D eigenvalue weighted by Gasteiger charge is -2.29. The van der Waals surface area contributed by atoms with Crippen molar-refractivity contribution in [2.45, 2.75) is 117 Å². The molecule has 0 heteroatoms. The third-order valence-corrected chi connectivity index (χ3v) is 7.36. The van der Waals surface area contributed by atoms with E-state index in [4.69, 9.17) is 0 Å². The maximum absolute atomic E-state index is 2.35. The number of hydrogen-bond acceptors (Lipinski definition) is 0. The molecule has 2 aliphatic carbocycles. The van der Waals surface area contributed by atoms with Crippen LogP contribution in [0.4, 0.5) is 0 Å². The Kier molecular flexibility index (Phi) is 11.4. The third kappa shape index (κ3) is 8.92. The molecule has 0 spiro atoms. The van der Waals surface area contributed by atoms with Gasteiger partial charge in [-0.15, -0.1) is 0 Å². The second-order valence-electron chi connectivity index (χ2n) is 9.35. The minimum absolute atomic E-state index is 1.03. The monoisotopic (exact) mass is 358 g/mol. The Bertz CT molecular complexity index is 337. The normalized spacial score (nSPS) is 30.4. The van der Waals surface area contributed by atoms with E-state index in [1.54, 1.807) is 0 Å². The quantitative estimate of drug-likeness (QED) is 0.255. The Hall–Kier alpha value is -0.520. The van der Waals surface area contributed by atoms with Crippen molar-refractivity contribution in [2.75, 3.05) is 0 Å². The maximum Gasteiger partial charge on any atom is -0.0348 e. The fraction of sp³-hybridized carbons (Fsp3) is 0.846. The van der Waals surface area contributed by atoms with E-state index in [0.717, 1.165) is 23.7 Å². The van der Waals surface area contributed by atoms with Gasteiger partial charge in [0, 0.05) is 0 Å². The van der Waals surface area contributed by atoms with Crippen LogP contribution in [0.5, 0.6) is 0 Å². The number of hydrogen-bond donors (Lipinski definition) is 0. The first-order valence-electron chi connectivity index (χ1n) is 12.0. The van der Waals surface area contributed by atoms with Crippen LogP contribution >= 0.6 is 0 Å². The molecule has 2 rings (SSSR count). The summed E-state index contributed by atoms with van der Waals surface area (Å²) in [6.45, 7) is 4.29. The van der Waals surface area contributed by atoms with Gasteiger partial charge in [-0.3, -0.25) is 0 Å². The van der Waals surface area contributed by atoms with Gasteiger partial charge >= 0.3 is 0 Å². The highest BCUT2D eigenvalue weighted by atomic mass is 14.3. The van der Waals surface area contributed by atoms with Crippen molar-refractivity contribution in [1.82, 2.24) is 0 Å². The topological polar surface area (TPSA) is 0 Å². The first-order chi connectivity index (χ1) is 12.8. The molecule has 150 valence electrons. The fourth-order valence-electron chi connectivity index (χ4n) is 5.48. The number of allylic oxidation sites excluding steroid dienone is 4. The molecule has 0 nitrogen and oxygen atoms in total. The van der Waals surface area contributed by atoms with Crippen LogP contribution in [0.1, 0.15) is 117 Å². The van der Waals surface area contributed by atoms with Gasteiger partial charge in [0.15, 0.2) is 0 Å². The second kappa shape index (κ2) is 13.6. The van der Waals surface area contributed by atoms with Crippen LogP contribution in [0, 0.1) is 23.7 Å².